The minimum atomic E-state index is -0.614. The fraction of sp³-hybridized carbons (Fsp3) is 0.190. The van der Waals surface area contributed by atoms with Crippen molar-refractivity contribution in [3.8, 4) is 44.5 Å². The van der Waals surface area contributed by atoms with E-state index in [9.17, 15) is 38.4 Å². The molecular weight excluding hydrogens is 1400 g/mol. The number of hydrogen-bond donors (Lipinski definition) is 8. The maximum Gasteiger partial charge on any atom is 2.00 e. The Kier molecular flexibility index (Phi) is 26.0. The van der Waals surface area contributed by atoms with Gasteiger partial charge in [0.05, 0.1) is 68.3 Å². The summed E-state index contributed by atoms with van der Waals surface area (Å²) in [5.74, 6) is -4.91. The van der Waals surface area contributed by atoms with Crippen molar-refractivity contribution in [2.45, 2.75) is 105 Å². The van der Waals surface area contributed by atoms with Crippen LogP contribution in [0.5, 0.6) is 0 Å². The van der Waals surface area contributed by atoms with Gasteiger partial charge in [0, 0.05) is 22.3 Å². The predicted molar refractivity (Wildman–Crippen MR) is 431 cm³/mol. The second kappa shape index (κ2) is 33.2. The Morgan fingerprint density at radius 2 is 0.421 bits per heavy atom. The zero-order valence-electron chi connectivity index (χ0n) is 62.3. The Bertz CT molecular complexity index is 4390. The van der Waals surface area contributed by atoms with Crippen molar-refractivity contribution in [3.05, 3.63) is 219 Å². The average Bonchev–Trinajstić information content (AvgIpc) is 1.65. The molecule has 0 saturated carbocycles. The van der Waals surface area contributed by atoms with E-state index in [4.69, 9.17) is 19.9 Å². The molecule has 107 heavy (non-hydrogen) atoms. The first-order valence-corrected chi connectivity index (χ1v) is 33.3. The first-order chi connectivity index (χ1) is 49.0. The van der Waals surface area contributed by atoms with E-state index >= 15 is 0 Å². The van der Waals surface area contributed by atoms with E-state index in [0.29, 0.717) is 22.3 Å². The van der Waals surface area contributed by atoms with Gasteiger partial charge in [-0.25, -0.2) is 9.97 Å². The van der Waals surface area contributed by atoms with Gasteiger partial charge in [-0.15, -0.1) is 22.1 Å². The molecule has 7 aromatic rings. The molecule has 0 saturated heterocycles. The minimum absolute atomic E-state index is 0. The number of aromatic nitrogens is 4. The predicted octanol–water partition coefficient (Wildman–Crippen LogP) is 15.1. The largest absolute Gasteiger partial charge is 2.00 e. The maximum atomic E-state index is 14.0. The molecule has 12 N–H and O–H groups in total. The Morgan fingerprint density at radius 3 is 0.542 bits per heavy atom. The molecule has 0 unspecified atom stereocenters. The average molecular weight is 1490 g/mol. The van der Waals surface area contributed by atoms with Gasteiger partial charge in [0.1, 0.15) is 0 Å². The van der Waals surface area contributed by atoms with Crippen LogP contribution in [0.3, 0.4) is 0 Å². The summed E-state index contributed by atoms with van der Waals surface area (Å²) >= 11 is 0. The summed E-state index contributed by atoms with van der Waals surface area (Å²) in [4.78, 5) is 134. The van der Waals surface area contributed by atoms with Crippen LogP contribution in [-0.2, 0) is 79.5 Å². The molecule has 2 aliphatic rings. The van der Waals surface area contributed by atoms with Crippen molar-refractivity contribution < 1.29 is 68.8 Å². The Balaban J connectivity index is 0.00000597. The van der Waals surface area contributed by atoms with Crippen LogP contribution >= 0.6 is 0 Å². The minimum Gasteiger partial charge on any atom is -0.657 e. The molecule has 23 heteroatoms. The first kappa shape index (κ1) is 83.6. The topological polar surface area (TPSA) is 350 Å². The fourth-order valence-corrected chi connectivity index (χ4v) is 11.7. The van der Waals surface area contributed by atoms with Crippen LogP contribution in [0.2, 0.25) is 0 Å². The zero-order valence-corrected chi connectivity index (χ0v) is 65.2. The van der Waals surface area contributed by atoms with Gasteiger partial charge < -0.3 is 63.5 Å². The van der Waals surface area contributed by atoms with Crippen LogP contribution in [-0.4, -0.2) is 68.2 Å². The van der Waals surface area contributed by atoms with E-state index in [0.717, 1.165) is 48.6 Å². The second-order valence-electron chi connectivity index (χ2n) is 28.7. The smallest absolute Gasteiger partial charge is 0.657 e. The Hall–Kier alpha value is -12.3. The zero-order chi connectivity index (χ0) is 76.2. The summed E-state index contributed by atoms with van der Waals surface area (Å²) in [5.41, 5.74) is 4.84. The third kappa shape index (κ3) is 18.3. The van der Waals surface area contributed by atoms with Crippen molar-refractivity contribution >= 4 is 139 Å². The molecular formula is C84H88N12O10Zn. The third-order valence-electron chi connectivity index (χ3n) is 17.2. The molecule has 8 amide bonds. The monoisotopic (exact) mass is 1490 g/mol. The molecule has 4 aromatic carbocycles. The Labute approximate surface area is 635 Å². The van der Waals surface area contributed by atoms with Crippen molar-refractivity contribution in [2.75, 3.05) is 42.5 Å². The van der Waals surface area contributed by atoms with Gasteiger partial charge in [0.25, 0.3) is 0 Å². The summed E-state index contributed by atoms with van der Waals surface area (Å²) in [6, 6.07) is 21.1. The summed E-state index contributed by atoms with van der Waals surface area (Å²) in [7, 11) is 0. The van der Waals surface area contributed by atoms with Crippen molar-refractivity contribution in [2.24, 2.45) is 0 Å². The molecule has 0 atom stereocenters. The van der Waals surface area contributed by atoms with Crippen LogP contribution in [0.15, 0.2) is 174 Å². The van der Waals surface area contributed by atoms with Crippen molar-refractivity contribution in [1.29, 1.82) is 0 Å². The van der Waals surface area contributed by atoms with Crippen molar-refractivity contribution in [1.82, 2.24) is 19.9 Å². The summed E-state index contributed by atoms with van der Waals surface area (Å²) in [5, 5.41) is 24.2. The van der Waals surface area contributed by atoms with Gasteiger partial charge >= 0.3 is 19.5 Å². The van der Waals surface area contributed by atoms with Gasteiger partial charge in [-0.1, -0.05) is 160 Å². The number of fused-ring (bicyclic) bond motifs is 8. The summed E-state index contributed by atoms with van der Waals surface area (Å²) < 4.78 is 0. The summed E-state index contributed by atoms with van der Waals surface area (Å²) in [6.45, 7) is 53.9. The van der Waals surface area contributed by atoms with Crippen LogP contribution < -0.4 is 52.5 Å². The molecule has 8 bridgehead atoms. The number of carbonyl (C=O) groups is 8. The quantitative estimate of drug-likeness (QED) is 0.0261. The number of nitrogens with one attached hydrogen (secondary N) is 8. The van der Waals surface area contributed by atoms with E-state index in [1.54, 1.807) is 97.1 Å². The van der Waals surface area contributed by atoms with Crippen molar-refractivity contribution in [3.63, 3.8) is 0 Å². The van der Waals surface area contributed by atoms with Gasteiger partial charge in [-0.3, -0.25) is 38.4 Å². The molecule has 0 aliphatic carbocycles. The molecule has 2 aliphatic heterocycles. The van der Waals surface area contributed by atoms with E-state index in [-0.39, 0.29) is 165 Å². The maximum absolute atomic E-state index is 14.0. The fourth-order valence-electron chi connectivity index (χ4n) is 11.7. The Morgan fingerprint density at radius 1 is 0.280 bits per heavy atom. The van der Waals surface area contributed by atoms with Crippen LogP contribution in [0.25, 0.3) is 90.9 Å². The van der Waals surface area contributed by atoms with E-state index in [1.807, 2.05) is 83.1 Å². The first-order valence-electron chi connectivity index (χ1n) is 33.3. The standard InChI is InChI=1S/C84H86N12O8.2H2O.Zn/c1-21-65(97)89-57-37-45(81(9,10)11)38-58(90-66(98)22-2)77(57)73-49-29-31-51(85-49)74(78-59(91-67(99)23-3)39-46(82(12,13)14)40-60(78)92-68(100)24-4)53-33-35-55(87-53)76(80-63(95-71(103)27-7)43-48(84(18,19)20)44-64(80)96-72(104)28-8)56-36-34-54(88-56)75(52-32-30-50(73)86-52)79-61(93-69(101)25-5)41-47(83(15,16)17)42-62(79)94-70(102)26-6;;;/h21-44H,1-8H2,9-20H3,(H10,85,86,87,88,89,90,91,92,93,94,95,96,97,98,99,100,101,102,103,104);2*1H2;/q;;;+2/p-2. The van der Waals surface area contributed by atoms with Gasteiger partial charge in [0.2, 0.25) is 47.3 Å². The number of amides is 8. The molecule has 546 valence electrons. The van der Waals surface area contributed by atoms with E-state index < -0.39 is 68.9 Å². The number of hydrogen-bond acceptors (Lipinski definition) is 10. The number of nitrogens with zero attached hydrogens (tertiary/aromatic N) is 4. The van der Waals surface area contributed by atoms with Crippen LogP contribution in [0, 0.1) is 0 Å². The van der Waals surface area contributed by atoms with E-state index in [1.165, 1.54) is 0 Å². The number of rotatable bonds is 20. The molecule has 9 rings (SSSR count). The number of benzene rings is 4. The summed E-state index contributed by atoms with van der Waals surface area (Å²) in [6.07, 6.45) is 15.7. The molecule has 5 heterocycles. The molecule has 3 aromatic heterocycles. The molecule has 0 fully saturated rings. The normalized spacial score (nSPS) is 11.5. The SMILES string of the molecule is C=CC(=O)Nc1cc(C(C)(C)C)cc(NC(=O)C=C)c1-c1c2nc(c(-c3c(NC(=O)C=C)cc(C(C)(C)C)cc3NC(=O)C=C)c3ccc([n-]3)c(-c3c(NC(=O)C=C)cc(C(C)(C)C)cc3NC(=O)C=C)c3nc(c(-c4c(NC(=O)C=C)cc(C(C)(C)C)cc4NC(=O)C=C)c4ccc1[n-]4)C=C3)C=C2.O.O.[Zn+2]. The number of carbonyl (C=O) groups excluding carboxylic acids is 8. The third-order valence-corrected chi connectivity index (χ3v) is 17.2. The van der Waals surface area contributed by atoms with Crippen LogP contribution in [0.4, 0.5) is 45.5 Å². The molecule has 22 nitrogen and oxygen atoms in total. The van der Waals surface area contributed by atoms with E-state index in [2.05, 4.69) is 95.2 Å². The van der Waals surface area contributed by atoms with Gasteiger partial charge in [-0.2, -0.15) is 0 Å². The molecule has 0 spiro atoms. The van der Waals surface area contributed by atoms with Gasteiger partial charge in [-0.05, 0) is 188 Å². The second-order valence-corrected chi connectivity index (χ2v) is 28.7. The molecule has 0 radical (unpaired) electrons. The number of anilines is 8. The van der Waals surface area contributed by atoms with Gasteiger partial charge in [0.15, 0.2) is 0 Å². The van der Waals surface area contributed by atoms with Crippen LogP contribution in [0.1, 0.15) is 128 Å².